The molecule has 3 rings (SSSR count). The highest BCUT2D eigenvalue weighted by Crippen LogP contribution is 2.30. The Kier molecular flexibility index (Phi) is 4.03. The van der Waals surface area contributed by atoms with E-state index in [-0.39, 0.29) is 21.1 Å². The van der Waals surface area contributed by atoms with Crippen LogP contribution in [0.2, 0.25) is 5.28 Å². The molecule has 21 heavy (non-hydrogen) atoms. The van der Waals surface area contributed by atoms with Gasteiger partial charge in [-0.25, -0.2) is 8.78 Å². The van der Waals surface area contributed by atoms with Gasteiger partial charge in [0.25, 0.3) is 0 Å². The summed E-state index contributed by atoms with van der Waals surface area (Å²) >= 11 is 8.90. The normalized spacial score (nSPS) is 14.8. The molecule has 1 aromatic heterocycles. The fraction of sp³-hybridized carbons (Fsp3) is 0.308. The van der Waals surface area contributed by atoms with E-state index >= 15 is 0 Å². The molecule has 0 radical (unpaired) electrons. The predicted octanol–water partition coefficient (Wildman–Crippen LogP) is 3.83. The lowest BCUT2D eigenvalue weighted by atomic mass is 10.2. The zero-order chi connectivity index (χ0) is 15.0. The number of halogens is 4. The largest absolute Gasteiger partial charge is 0.341 e. The van der Waals surface area contributed by atoms with Crippen LogP contribution in [0.25, 0.3) is 11.4 Å². The van der Waals surface area contributed by atoms with Crippen molar-refractivity contribution in [1.82, 2.24) is 15.0 Å². The Hall–Kier alpha value is -1.34. The van der Waals surface area contributed by atoms with Crippen molar-refractivity contribution in [3.8, 4) is 11.4 Å². The van der Waals surface area contributed by atoms with E-state index in [9.17, 15) is 8.78 Å². The third kappa shape index (κ3) is 2.85. The topological polar surface area (TPSA) is 41.9 Å². The third-order valence-corrected chi connectivity index (χ3v) is 4.03. The molecule has 0 spiro atoms. The Balaban J connectivity index is 2.12. The predicted molar refractivity (Wildman–Crippen MR) is 79.3 cm³/mol. The maximum Gasteiger partial charge on any atom is 0.230 e. The monoisotopic (exact) mass is 374 g/mol. The zero-order valence-corrected chi connectivity index (χ0v) is 13.1. The van der Waals surface area contributed by atoms with E-state index in [0.717, 1.165) is 32.0 Å². The third-order valence-electron chi connectivity index (χ3n) is 3.25. The van der Waals surface area contributed by atoms with E-state index in [1.807, 2.05) is 4.90 Å². The number of aromatic nitrogens is 3. The summed E-state index contributed by atoms with van der Waals surface area (Å²) in [6, 6.07) is 2.44. The summed E-state index contributed by atoms with van der Waals surface area (Å²) in [7, 11) is 0. The number of anilines is 1. The Bertz CT molecular complexity index is 692. The number of hydrogen-bond acceptors (Lipinski definition) is 4. The van der Waals surface area contributed by atoms with E-state index < -0.39 is 11.6 Å². The molecule has 0 aliphatic carbocycles. The average molecular weight is 376 g/mol. The fourth-order valence-corrected chi connectivity index (χ4v) is 2.73. The van der Waals surface area contributed by atoms with Gasteiger partial charge in [0.1, 0.15) is 5.82 Å². The first kappa shape index (κ1) is 14.6. The van der Waals surface area contributed by atoms with Crippen LogP contribution >= 0.6 is 27.5 Å². The van der Waals surface area contributed by atoms with Gasteiger partial charge in [-0.05, 0) is 52.5 Å². The van der Waals surface area contributed by atoms with Crippen molar-refractivity contribution >= 4 is 33.5 Å². The van der Waals surface area contributed by atoms with Gasteiger partial charge in [0.15, 0.2) is 11.6 Å². The first-order valence-corrected chi connectivity index (χ1v) is 7.54. The molecule has 1 fully saturated rings. The van der Waals surface area contributed by atoms with Gasteiger partial charge in [0, 0.05) is 13.1 Å². The lowest BCUT2D eigenvalue weighted by molar-refractivity contribution is 0.583. The van der Waals surface area contributed by atoms with E-state index in [4.69, 9.17) is 11.6 Å². The van der Waals surface area contributed by atoms with Crippen molar-refractivity contribution in [2.75, 3.05) is 18.0 Å². The Morgan fingerprint density at radius 3 is 2.52 bits per heavy atom. The van der Waals surface area contributed by atoms with Crippen molar-refractivity contribution in [2.45, 2.75) is 12.8 Å². The van der Waals surface area contributed by atoms with Gasteiger partial charge in [0.2, 0.25) is 11.2 Å². The second-order valence-corrected chi connectivity index (χ2v) is 5.83. The standard InChI is InChI=1S/C13H10BrClF2N4/c14-7-3-4-8(16)9(10(7)17)11-18-12(15)20-13(19-11)21-5-1-2-6-21/h3-4H,1-2,5-6H2. The van der Waals surface area contributed by atoms with Gasteiger partial charge in [-0.1, -0.05) is 0 Å². The highest BCUT2D eigenvalue weighted by Gasteiger charge is 2.21. The molecule has 1 aliphatic rings. The molecule has 0 bridgehead atoms. The molecule has 0 atom stereocenters. The van der Waals surface area contributed by atoms with Crippen LogP contribution < -0.4 is 4.90 Å². The fourth-order valence-electron chi connectivity index (χ4n) is 2.24. The van der Waals surface area contributed by atoms with Crippen molar-refractivity contribution in [3.63, 3.8) is 0 Å². The van der Waals surface area contributed by atoms with Crippen molar-refractivity contribution in [1.29, 1.82) is 0 Å². The summed E-state index contributed by atoms with van der Waals surface area (Å²) in [5.41, 5.74) is -0.311. The van der Waals surface area contributed by atoms with Crippen molar-refractivity contribution in [2.24, 2.45) is 0 Å². The van der Waals surface area contributed by atoms with E-state index in [0.29, 0.717) is 5.95 Å². The Labute approximate surface area is 133 Å². The van der Waals surface area contributed by atoms with E-state index in [2.05, 4.69) is 30.9 Å². The first-order valence-electron chi connectivity index (χ1n) is 6.36. The van der Waals surface area contributed by atoms with Crippen LogP contribution in [0, 0.1) is 11.6 Å². The summed E-state index contributed by atoms with van der Waals surface area (Å²) in [6.07, 6.45) is 2.05. The minimum Gasteiger partial charge on any atom is -0.341 e. The Morgan fingerprint density at radius 1 is 1.10 bits per heavy atom. The van der Waals surface area contributed by atoms with Gasteiger partial charge in [0.05, 0.1) is 10.0 Å². The van der Waals surface area contributed by atoms with Gasteiger partial charge < -0.3 is 4.90 Å². The van der Waals surface area contributed by atoms with Crippen LogP contribution in [0.15, 0.2) is 16.6 Å². The Morgan fingerprint density at radius 2 is 1.81 bits per heavy atom. The summed E-state index contributed by atoms with van der Waals surface area (Å²) in [4.78, 5) is 14.0. The molecule has 1 aromatic carbocycles. The van der Waals surface area contributed by atoms with Gasteiger partial charge in [-0.2, -0.15) is 15.0 Å². The molecule has 0 unspecified atom stereocenters. The van der Waals surface area contributed by atoms with Gasteiger partial charge in [-0.15, -0.1) is 0 Å². The maximum absolute atomic E-state index is 14.1. The molecule has 1 saturated heterocycles. The molecule has 1 aliphatic heterocycles. The lowest BCUT2D eigenvalue weighted by Crippen LogP contribution is -2.21. The van der Waals surface area contributed by atoms with Crippen LogP contribution in [-0.4, -0.2) is 28.0 Å². The van der Waals surface area contributed by atoms with Crippen molar-refractivity contribution < 1.29 is 8.78 Å². The SMILES string of the molecule is Fc1ccc(Br)c(F)c1-c1nc(Cl)nc(N2CCCC2)n1. The highest BCUT2D eigenvalue weighted by molar-refractivity contribution is 9.10. The molecular formula is C13H10BrClF2N4. The lowest BCUT2D eigenvalue weighted by Gasteiger charge is -2.15. The number of benzene rings is 1. The quantitative estimate of drug-likeness (QED) is 0.748. The highest BCUT2D eigenvalue weighted by atomic mass is 79.9. The molecular weight excluding hydrogens is 366 g/mol. The average Bonchev–Trinajstić information content (AvgIpc) is 2.97. The van der Waals surface area contributed by atoms with E-state index in [1.54, 1.807) is 0 Å². The maximum atomic E-state index is 14.1. The zero-order valence-electron chi connectivity index (χ0n) is 10.8. The second kappa shape index (κ2) is 5.81. The van der Waals surface area contributed by atoms with Crippen LogP contribution in [0.4, 0.5) is 14.7 Å². The van der Waals surface area contributed by atoms with Crippen LogP contribution in [0.5, 0.6) is 0 Å². The second-order valence-electron chi connectivity index (χ2n) is 4.64. The van der Waals surface area contributed by atoms with Crippen LogP contribution in [-0.2, 0) is 0 Å². The molecule has 110 valence electrons. The molecule has 4 nitrogen and oxygen atoms in total. The smallest absolute Gasteiger partial charge is 0.230 e. The number of nitrogens with zero attached hydrogens (tertiary/aromatic N) is 4. The number of rotatable bonds is 2. The summed E-state index contributed by atoms with van der Waals surface area (Å²) in [5.74, 6) is -1.26. The van der Waals surface area contributed by atoms with Crippen LogP contribution in [0.3, 0.4) is 0 Å². The number of hydrogen-bond donors (Lipinski definition) is 0. The minimum absolute atomic E-state index is 0.0827. The van der Waals surface area contributed by atoms with Crippen molar-refractivity contribution in [3.05, 3.63) is 33.5 Å². The summed E-state index contributed by atoms with van der Waals surface area (Å²) in [5, 5.41) is -0.0827. The molecule has 2 aromatic rings. The van der Waals surface area contributed by atoms with Crippen LogP contribution in [0.1, 0.15) is 12.8 Å². The molecule has 8 heteroatoms. The summed E-state index contributed by atoms with van der Waals surface area (Å²) < 4.78 is 28.2. The molecule has 0 saturated carbocycles. The molecule has 0 amide bonds. The van der Waals surface area contributed by atoms with E-state index in [1.165, 1.54) is 6.07 Å². The first-order chi connectivity index (χ1) is 10.1. The minimum atomic E-state index is -0.760. The molecule has 0 N–H and O–H groups in total. The van der Waals surface area contributed by atoms with Gasteiger partial charge >= 0.3 is 0 Å². The molecule has 2 heterocycles. The summed E-state index contributed by atoms with van der Waals surface area (Å²) in [6.45, 7) is 1.59. The van der Waals surface area contributed by atoms with Gasteiger partial charge in [-0.3, -0.25) is 0 Å².